The molecule has 1 fully saturated rings. The molecule has 3 heteroatoms. The largest absolute Gasteiger partial charge is 0.372 e. The molecule has 98 valence electrons. The van der Waals surface area contributed by atoms with E-state index in [2.05, 4.69) is 34.5 Å². The van der Waals surface area contributed by atoms with E-state index in [0.717, 1.165) is 6.42 Å². The molecule has 1 amide bonds. The zero-order chi connectivity index (χ0) is 12.8. The first-order valence-corrected chi connectivity index (χ1v) is 6.90. The Hall–Kier alpha value is -1.51. The summed E-state index contributed by atoms with van der Waals surface area (Å²) in [6, 6.07) is 8.54. The third-order valence-electron chi connectivity index (χ3n) is 3.37. The summed E-state index contributed by atoms with van der Waals surface area (Å²) >= 11 is 0. The van der Waals surface area contributed by atoms with Crippen molar-refractivity contribution in [3.8, 4) is 0 Å². The molecule has 1 N–H and O–H groups in total. The van der Waals surface area contributed by atoms with Gasteiger partial charge in [-0.2, -0.15) is 0 Å². The fourth-order valence-electron chi connectivity index (χ4n) is 2.32. The molecular formula is C15H22N2O. The van der Waals surface area contributed by atoms with Crippen molar-refractivity contribution in [2.75, 3.05) is 18.0 Å². The lowest BCUT2D eigenvalue weighted by molar-refractivity contribution is -0.121. The first-order chi connectivity index (χ1) is 8.79. The van der Waals surface area contributed by atoms with Gasteiger partial charge in [0.25, 0.3) is 0 Å². The van der Waals surface area contributed by atoms with Crippen LogP contribution in [0.1, 0.15) is 38.2 Å². The molecule has 1 aromatic rings. The monoisotopic (exact) mass is 246 g/mol. The van der Waals surface area contributed by atoms with Gasteiger partial charge in [0.1, 0.15) is 0 Å². The summed E-state index contributed by atoms with van der Waals surface area (Å²) in [6.07, 6.45) is 4.12. The molecule has 0 unspecified atom stereocenters. The molecule has 1 heterocycles. The second-order valence-electron chi connectivity index (χ2n) is 4.89. The zero-order valence-corrected chi connectivity index (χ0v) is 11.1. The minimum absolute atomic E-state index is 0.140. The van der Waals surface area contributed by atoms with Gasteiger partial charge in [-0.15, -0.1) is 0 Å². The SMILES string of the molecule is CCCC(=O)NCc1ccc(N2CCCC2)cc1. The lowest BCUT2D eigenvalue weighted by atomic mass is 10.2. The molecule has 1 saturated heterocycles. The maximum absolute atomic E-state index is 11.4. The smallest absolute Gasteiger partial charge is 0.220 e. The molecule has 1 aliphatic heterocycles. The Morgan fingerprint density at radius 2 is 1.89 bits per heavy atom. The summed E-state index contributed by atoms with van der Waals surface area (Å²) in [6.45, 7) is 5.00. The van der Waals surface area contributed by atoms with Gasteiger partial charge in [-0.25, -0.2) is 0 Å². The van der Waals surface area contributed by atoms with Crippen LogP contribution in [-0.2, 0) is 11.3 Å². The molecule has 0 bridgehead atoms. The summed E-state index contributed by atoms with van der Waals surface area (Å²) in [4.78, 5) is 13.8. The van der Waals surface area contributed by atoms with E-state index in [4.69, 9.17) is 0 Å². The molecule has 0 radical (unpaired) electrons. The number of anilines is 1. The molecule has 0 aliphatic carbocycles. The van der Waals surface area contributed by atoms with E-state index < -0.39 is 0 Å². The second-order valence-corrected chi connectivity index (χ2v) is 4.89. The Balaban J connectivity index is 1.85. The Bertz CT molecular complexity index is 380. The average Bonchev–Trinajstić information content (AvgIpc) is 2.91. The highest BCUT2D eigenvalue weighted by Crippen LogP contribution is 2.20. The Kier molecular flexibility index (Phi) is 4.62. The number of amides is 1. The van der Waals surface area contributed by atoms with Crippen LogP contribution < -0.4 is 10.2 Å². The van der Waals surface area contributed by atoms with E-state index in [0.29, 0.717) is 13.0 Å². The van der Waals surface area contributed by atoms with Crippen LogP contribution >= 0.6 is 0 Å². The first kappa shape index (κ1) is 12.9. The van der Waals surface area contributed by atoms with Crippen LogP contribution in [-0.4, -0.2) is 19.0 Å². The number of hydrogen-bond acceptors (Lipinski definition) is 2. The molecule has 2 rings (SSSR count). The van der Waals surface area contributed by atoms with Gasteiger partial charge >= 0.3 is 0 Å². The van der Waals surface area contributed by atoms with Crippen molar-refractivity contribution in [2.24, 2.45) is 0 Å². The fraction of sp³-hybridized carbons (Fsp3) is 0.533. The van der Waals surface area contributed by atoms with E-state index >= 15 is 0 Å². The van der Waals surface area contributed by atoms with Crippen molar-refractivity contribution in [2.45, 2.75) is 39.2 Å². The number of nitrogens with zero attached hydrogens (tertiary/aromatic N) is 1. The lowest BCUT2D eigenvalue weighted by Crippen LogP contribution is -2.22. The summed E-state index contributed by atoms with van der Waals surface area (Å²) < 4.78 is 0. The zero-order valence-electron chi connectivity index (χ0n) is 11.1. The summed E-state index contributed by atoms with van der Waals surface area (Å²) in [5.41, 5.74) is 2.47. The number of benzene rings is 1. The highest BCUT2D eigenvalue weighted by atomic mass is 16.1. The average molecular weight is 246 g/mol. The number of carbonyl (C=O) groups excluding carboxylic acids is 1. The van der Waals surface area contributed by atoms with Gasteiger partial charge in [0.15, 0.2) is 0 Å². The van der Waals surface area contributed by atoms with Crippen molar-refractivity contribution in [3.05, 3.63) is 29.8 Å². The van der Waals surface area contributed by atoms with Crippen molar-refractivity contribution in [1.82, 2.24) is 5.32 Å². The van der Waals surface area contributed by atoms with Crippen molar-refractivity contribution in [1.29, 1.82) is 0 Å². The summed E-state index contributed by atoms with van der Waals surface area (Å²) in [7, 11) is 0. The summed E-state index contributed by atoms with van der Waals surface area (Å²) in [5, 5.41) is 2.94. The van der Waals surface area contributed by atoms with E-state index in [1.807, 2.05) is 6.92 Å². The second kappa shape index (κ2) is 6.43. The number of nitrogens with one attached hydrogen (secondary N) is 1. The van der Waals surface area contributed by atoms with Crippen molar-refractivity contribution < 1.29 is 4.79 Å². The van der Waals surface area contributed by atoms with Crippen LogP contribution in [0, 0.1) is 0 Å². The Morgan fingerprint density at radius 1 is 1.22 bits per heavy atom. The van der Waals surface area contributed by atoms with E-state index in [-0.39, 0.29) is 5.91 Å². The predicted octanol–water partition coefficient (Wildman–Crippen LogP) is 2.70. The first-order valence-electron chi connectivity index (χ1n) is 6.90. The number of carbonyl (C=O) groups is 1. The van der Waals surface area contributed by atoms with Gasteiger partial charge in [-0.05, 0) is 37.0 Å². The summed E-state index contributed by atoms with van der Waals surface area (Å²) in [5.74, 6) is 0.140. The van der Waals surface area contributed by atoms with Crippen LogP contribution in [0.3, 0.4) is 0 Å². The normalized spacial score (nSPS) is 14.8. The van der Waals surface area contributed by atoms with Gasteiger partial charge in [-0.3, -0.25) is 4.79 Å². The quantitative estimate of drug-likeness (QED) is 0.866. The van der Waals surface area contributed by atoms with Crippen LogP contribution in [0.2, 0.25) is 0 Å². The fourth-order valence-corrected chi connectivity index (χ4v) is 2.32. The van der Waals surface area contributed by atoms with Gasteiger partial charge in [0.2, 0.25) is 5.91 Å². The van der Waals surface area contributed by atoms with E-state index in [9.17, 15) is 4.79 Å². The highest BCUT2D eigenvalue weighted by Gasteiger charge is 2.11. The Morgan fingerprint density at radius 3 is 2.50 bits per heavy atom. The third kappa shape index (κ3) is 3.49. The maximum atomic E-state index is 11.4. The molecule has 0 atom stereocenters. The molecule has 3 nitrogen and oxygen atoms in total. The van der Waals surface area contributed by atoms with Crippen molar-refractivity contribution >= 4 is 11.6 Å². The van der Waals surface area contributed by atoms with Crippen LogP contribution in [0.5, 0.6) is 0 Å². The van der Waals surface area contributed by atoms with Gasteiger partial charge in [0.05, 0.1) is 0 Å². The van der Waals surface area contributed by atoms with Gasteiger partial charge in [-0.1, -0.05) is 19.1 Å². The highest BCUT2D eigenvalue weighted by molar-refractivity contribution is 5.75. The molecule has 0 spiro atoms. The van der Waals surface area contributed by atoms with Crippen LogP contribution in [0.4, 0.5) is 5.69 Å². The predicted molar refractivity (Wildman–Crippen MR) is 74.6 cm³/mol. The minimum Gasteiger partial charge on any atom is -0.372 e. The Labute approximate surface area is 109 Å². The van der Waals surface area contributed by atoms with E-state index in [1.165, 1.54) is 37.2 Å². The van der Waals surface area contributed by atoms with Gasteiger partial charge < -0.3 is 10.2 Å². The number of hydrogen-bond donors (Lipinski definition) is 1. The molecule has 1 aromatic carbocycles. The molecule has 18 heavy (non-hydrogen) atoms. The molecular weight excluding hydrogens is 224 g/mol. The van der Waals surface area contributed by atoms with Crippen molar-refractivity contribution in [3.63, 3.8) is 0 Å². The number of rotatable bonds is 5. The molecule has 1 aliphatic rings. The van der Waals surface area contributed by atoms with Gasteiger partial charge in [0, 0.05) is 31.7 Å². The standard InChI is InChI=1S/C15H22N2O/c1-2-5-15(18)16-12-13-6-8-14(9-7-13)17-10-3-4-11-17/h6-9H,2-5,10-12H2,1H3,(H,16,18). The maximum Gasteiger partial charge on any atom is 0.220 e. The molecule has 0 aromatic heterocycles. The third-order valence-corrected chi connectivity index (χ3v) is 3.37. The minimum atomic E-state index is 0.140. The molecule has 0 saturated carbocycles. The topological polar surface area (TPSA) is 32.3 Å². The lowest BCUT2D eigenvalue weighted by Gasteiger charge is -2.17. The van der Waals surface area contributed by atoms with Crippen LogP contribution in [0.25, 0.3) is 0 Å². The van der Waals surface area contributed by atoms with Crippen LogP contribution in [0.15, 0.2) is 24.3 Å². The van der Waals surface area contributed by atoms with E-state index in [1.54, 1.807) is 0 Å².